The van der Waals surface area contributed by atoms with Gasteiger partial charge in [0.15, 0.2) is 0 Å². The van der Waals surface area contributed by atoms with Gasteiger partial charge in [-0.3, -0.25) is 9.69 Å². The van der Waals surface area contributed by atoms with Crippen molar-refractivity contribution in [2.75, 3.05) is 37.7 Å². The zero-order valence-electron chi connectivity index (χ0n) is 15.8. The number of carboxylic acids is 1. The third-order valence-corrected chi connectivity index (χ3v) is 6.45. The molecule has 3 rings (SSSR count). The van der Waals surface area contributed by atoms with E-state index in [1.54, 1.807) is 4.90 Å². The van der Waals surface area contributed by atoms with Gasteiger partial charge in [0.2, 0.25) is 0 Å². The Morgan fingerprint density at radius 2 is 2.04 bits per heavy atom. The molecule has 2 amide bonds. The Balaban J connectivity index is 1.54. The monoisotopic (exact) mass is 391 g/mol. The lowest BCUT2D eigenvalue weighted by Gasteiger charge is -2.37. The van der Waals surface area contributed by atoms with Crippen LogP contribution >= 0.6 is 11.8 Å². The van der Waals surface area contributed by atoms with Crippen LogP contribution in [0.5, 0.6) is 0 Å². The van der Waals surface area contributed by atoms with Crippen LogP contribution < -0.4 is 5.32 Å². The molecule has 1 aromatic rings. The van der Waals surface area contributed by atoms with Crippen LogP contribution in [0.15, 0.2) is 30.3 Å². The molecule has 0 radical (unpaired) electrons. The molecule has 2 saturated heterocycles. The van der Waals surface area contributed by atoms with Crippen molar-refractivity contribution in [1.29, 1.82) is 0 Å². The van der Waals surface area contributed by atoms with Crippen LogP contribution in [0.3, 0.4) is 0 Å². The highest BCUT2D eigenvalue weighted by atomic mass is 32.2. The van der Waals surface area contributed by atoms with Gasteiger partial charge >= 0.3 is 12.0 Å². The minimum absolute atomic E-state index is 0.136. The standard InChI is InChI=1S/C20H29N3O3S/c1-15-9-17(19(24)25)13-23(11-15)20(26)21-10-18-14-27-8-7-22(18)12-16-5-3-2-4-6-16/h2-6,15,17-18H,7-14H2,1H3,(H,21,26)(H,24,25). The predicted octanol–water partition coefficient (Wildman–Crippen LogP) is 2.36. The maximum absolute atomic E-state index is 12.6. The maximum atomic E-state index is 12.6. The number of carbonyl (C=O) groups excluding carboxylic acids is 1. The third-order valence-electron chi connectivity index (χ3n) is 5.36. The van der Waals surface area contributed by atoms with Crippen molar-refractivity contribution in [1.82, 2.24) is 15.1 Å². The third kappa shape index (κ3) is 5.62. The molecule has 7 heteroatoms. The van der Waals surface area contributed by atoms with Crippen LogP contribution in [0.2, 0.25) is 0 Å². The average molecular weight is 392 g/mol. The largest absolute Gasteiger partial charge is 0.481 e. The normalized spacial score (nSPS) is 26.6. The summed E-state index contributed by atoms with van der Waals surface area (Å²) in [5.74, 6) is 1.06. The second-order valence-corrected chi connectivity index (χ2v) is 8.80. The SMILES string of the molecule is CC1CC(C(=O)O)CN(C(=O)NCC2CSCCN2Cc2ccccc2)C1. The molecule has 0 saturated carbocycles. The lowest BCUT2D eigenvalue weighted by Crippen LogP contribution is -2.53. The highest BCUT2D eigenvalue weighted by molar-refractivity contribution is 7.99. The molecule has 0 aliphatic carbocycles. The van der Waals surface area contributed by atoms with Crippen LogP contribution in [0.1, 0.15) is 18.9 Å². The summed E-state index contributed by atoms with van der Waals surface area (Å²) in [6.45, 7) is 5.45. The molecule has 2 fully saturated rings. The van der Waals surface area contributed by atoms with E-state index < -0.39 is 11.9 Å². The van der Waals surface area contributed by atoms with Crippen molar-refractivity contribution in [3.05, 3.63) is 35.9 Å². The highest BCUT2D eigenvalue weighted by Crippen LogP contribution is 2.22. The molecule has 2 aliphatic heterocycles. The van der Waals surface area contributed by atoms with E-state index in [2.05, 4.69) is 34.5 Å². The first-order valence-corrected chi connectivity index (χ1v) is 10.8. The van der Waals surface area contributed by atoms with Crippen molar-refractivity contribution in [2.45, 2.75) is 25.9 Å². The first kappa shape index (κ1) is 20.0. The fraction of sp³-hybridized carbons (Fsp3) is 0.600. The van der Waals surface area contributed by atoms with Gasteiger partial charge in [-0.25, -0.2) is 4.79 Å². The molecule has 1 aromatic carbocycles. The number of hydrogen-bond donors (Lipinski definition) is 2. The molecule has 3 unspecified atom stereocenters. The van der Waals surface area contributed by atoms with Gasteiger partial charge in [0.25, 0.3) is 0 Å². The first-order chi connectivity index (χ1) is 13.0. The van der Waals surface area contributed by atoms with Crippen molar-refractivity contribution < 1.29 is 14.7 Å². The summed E-state index contributed by atoms with van der Waals surface area (Å²) in [6.07, 6.45) is 0.642. The van der Waals surface area contributed by atoms with E-state index in [0.717, 1.165) is 24.6 Å². The Morgan fingerprint density at radius 1 is 1.26 bits per heavy atom. The quantitative estimate of drug-likeness (QED) is 0.806. The predicted molar refractivity (Wildman–Crippen MR) is 108 cm³/mol. The van der Waals surface area contributed by atoms with Crippen molar-refractivity contribution in [2.24, 2.45) is 11.8 Å². The molecule has 2 N–H and O–H groups in total. The van der Waals surface area contributed by atoms with E-state index in [9.17, 15) is 14.7 Å². The molecule has 3 atom stereocenters. The van der Waals surface area contributed by atoms with Gasteiger partial charge in [0, 0.05) is 50.3 Å². The summed E-state index contributed by atoms with van der Waals surface area (Å²) >= 11 is 1.92. The number of benzene rings is 1. The molecule has 2 aliphatic rings. The lowest BCUT2D eigenvalue weighted by molar-refractivity contribution is -0.143. The van der Waals surface area contributed by atoms with Crippen molar-refractivity contribution >= 4 is 23.8 Å². The second-order valence-electron chi connectivity index (χ2n) is 7.65. The molecule has 27 heavy (non-hydrogen) atoms. The van der Waals surface area contributed by atoms with Gasteiger partial charge < -0.3 is 15.3 Å². The summed E-state index contributed by atoms with van der Waals surface area (Å²) in [5.41, 5.74) is 1.29. The van der Waals surface area contributed by atoms with Crippen molar-refractivity contribution in [3.63, 3.8) is 0 Å². The van der Waals surface area contributed by atoms with E-state index in [1.807, 2.05) is 24.8 Å². The molecule has 6 nitrogen and oxygen atoms in total. The number of nitrogens with zero attached hydrogens (tertiary/aromatic N) is 2. The second kappa shape index (κ2) is 9.46. The number of likely N-dealkylation sites (tertiary alicyclic amines) is 1. The van der Waals surface area contributed by atoms with E-state index in [-0.39, 0.29) is 11.9 Å². The lowest BCUT2D eigenvalue weighted by atomic mass is 9.91. The number of rotatable bonds is 5. The van der Waals surface area contributed by atoms with Crippen molar-refractivity contribution in [3.8, 4) is 0 Å². The van der Waals surface area contributed by atoms with Gasteiger partial charge in [-0.2, -0.15) is 11.8 Å². The minimum atomic E-state index is -0.808. The summed E-state index contributed by atoms with van der Waals surface area (Å²) in [7, 11) is 0. The number of piperidine rings is 1. The summed E-state index contributed by atoms with van der Waals surface area (Å²) in [6, 6.07) is 10.6. The molecular formula is C20H29N3O3S. The van der Waals surface area contributed by atoms with Crippen LogP contribution in [0, 0.1) is 11.8 Å². The smallest absolute Gasteiger partial charge is 0.317 e. The topological polar surface area (TPSA) is 72.9 Å². The molecule has 148 valence electrons. The van der Waals surface area contributed by atoms with Crippen LogP contribution in [0.4, 0.5) is 4.79 Å². The number of urea groups is 1. The van der Waals surface area contributed by atoms with E-state index >= 15 is 0 Å². The first-order valence-electron chi connectivity index (χ1n) is 9.64. The van der Waals surface area contributed by atoms with Gasteiger partial charge in [0.05, 0.1) is 5.92 Å². The van der Waals surface area contributed by atoms with Gasteiger partial charge in [0.1, 0.15) is 0 Å². The highest BCUT2D eigenvalue weighted by Gasteiger charge is 2.32. The Labute approximate surface area is 165 Å². The minimum Gasteiger partial charge on any atom is -0.481 e. The number of amides is 2. The van der Waals surface area contributed by atoms with Crippen LogP contribution in [-0.2, 0) is 11.3 Å². The molecule has 0 bridgehead atoms. The molecular weight excluding hydrogens is 362 g/mol. The van der Waals surface area contributed by atoms with Gasteiger partial charge in [-0.15, -0.1) is 0 Å². The summed E-state index contributed by atoms with van der Waals surface area (Å²) < 4.78 is 0. The number of nitrogens with one attached hydrogen (secondary N) is 1. The van der Waals surface area contributed by atoms with Crippen LogP contribution in [0.25, 0.3) is 0 Å². The fourth-order valence-electron chi connectivity index (χ4n) is 3.92. The Kier molecular flexibility index (Phi) is 7.01. The summed E-state index contributed by atoms with van der Waals surface area (Å²) in [4.78, 5) is 28.0. The van der Waals surface area contributed by atoms with E-state index in [0.29, 0.717) is 32.1 Å². The summed E-state index contributed by atoms with van der Waals surface area (Å²) in [5, 5.41) is 12.4. The van der Waals surface area contributed by atoms with Gasteiger partial charge in [-0.05, 0) is 17.9 Å². The molecule has 0 aromatic heterocycles. The van der Waals surface area contributed by atoms with Crippen LogP contribution in [-0.4, -0.2) is 70.6 Å². The Morgan fingerprint density at radius 3 is 2.78 bits per heavy atom. The zero-order valence-corrected chi connectivity index (χ0v) is 16.7. The van der Waals surface area contributed by atoms with E-state index in [4.69, 9.17) is 0 Å². The number of carboxylic acid groups (broad SMARTS) is 1. The number of aliphatic carboxylic acids is 1. The Bertz CT molecular complexity index is 643. The zero-order chi connectivity index (χ0) is 19.2. The maximum Gasteiger partial charge on any atom is 0.317 e. The average Bonchev–Trinajstić information content (AvgIpc) is 2.67. The number of thioether (sulfide) groups is 1. The fourth-order valence-corrected chi connectivity index (χ4v) is 5.05. The van der Waals surface area contributed by atoms with E-state index in [1.165, 1.54) is 5.56 Å². The number of hydrogen-bond acceptors (Lipinski definition) is 4. The molecule has 2 heterocycles. The molecule has 0 spiro atoms. The van der Waals surface area contributed by atoms with Gasteiger partial charge in [-0.1, -0.05) is 37.3 Å². The Hall–Kier alpha value is -1.73. The number of carbonyl (C=O) groups is 2.